The van der Waals surface area contributed by atoms with Crippen LogP contribution in [0, 0.1) is 13.8 Å². The van der Waals surface area contributed by atoms with Crippen LogP contribution < -0.4 is 10.2 Å². The zero-order valence-corrected chi connectivity index (χ0v) is 20.9. The Morgan fingerprint density at radius 3 is 2.32 bits per heavy atom. The van der Waals surface area contributed by atoms with Crippen LogP contribution in [0.5, 0.6) is 0 Å². The Kier molecular flexibility index (Phi) is 6.70. The number of thiazole rings is 1. The third-order valence-corrected chi connectivity index (χ3v) is 7.10. The van der Waals surface area contributed by atoms with E-state index in [1.54, 1.807) is 0 Å². The Morgan fingerprint density at radius 2 is 1.71 bits per heavy atom. The lowest BCUT2D eigenvalue weighted by atomic mass is 9.88. The van der Waals surface area contributed by atoms with Crippen LogP contribution in [0.15, 0.2) is 42.5 Å². The molecule has 2 heterocycles. The summed E-state index contributed by atoms with van der Waals surface area (Å²) in [6.07, 6.45) is 2.62. The van der Waals surface area contributed by atoms with Crippen molar-refractivity contribution in [2.24, 2.45) is 0 Å². The largest absolute Gasteiger partial charge is 0.325 e. The van der Waals surface area contributed by atoms with Crippen LogP contribution in [-0.4, -0.2) is 39.8 Å². The maximum Gasteiger partial charge on any atom is 0.325 e. The van der Waals surface area contributed by atoms with E-state index in [0.717, 1.165) is 39.1 Å². The molecule has 34 heavy (non-hydrogen) atoms. The van der Waals surface area contributed by atoms with Crippen molar-refractivity contribution in [2.45, 2.75) is 58.9 Å². The number of carbonyl (C=O) groups excluding carboxylic acids is 3. The summed E-state index contributed by atoms with van der Waals surface area (Å²) >= 11 is 1.41. The molecule has 0 bridgehead atoms. The van der Waals surface area contributed by atoms with Gasteiger partial charge in [-0.3, -0.25) is 19.4 Å². The number of imide groups is 1. The lowest BCUT2D eigenvalue weighted by molar-refractivity contribution is -0.134. The van der Waals surface area contributed by atoms with Crippen molar-refractivity contribution in [1.29, 1.82) is 0 Å². The van der Waals surface area contributed by atoms with Crippen LogP contribution in [0.2, 0.25) is 0 Å². The maximum absolute atomic E-state index is 13.7. The number of amides is 4. The summed E-state index contributed by atoms with van der Waals surface area (Å²) in [5, 5.41) is 3.40. The Morgan fingerprint density at radius 1 is 1.06 bits per heavy atom. The van der Waals surface area contributed by atoms with E-state index < -0.39 is 11.6 Å². The van der Waals surface area contributed by atoms with E-state index in [1.807, 2.05) is 70.2 Å². The van der Waals surface area contributed by atoms with Gasteiger partial charge >= 0.3 is 6.03 Å². The van der Waals surface area contributed by atoms with Crippen molar-refractivity contribution in [3.8, 4) is 0 Å². The minimum atomic E-state index is -0.929. The van der Waals surface area contributed by atoms with Crippen LogP contribution in [0.1, 0.15) is 50.7 Å². The number of carbonyl (C=O) groups is 3. The molecule has 1 aromatic heterocycles. The molecule has 0 unspecified atom stereocenters. The number of nitrogens with zero attached hydrogens (tertiary/aromatic N) is 3. The van der Waals surface area contributed by atoms with E-state index in [9.17, 15) is 14.4 Å². The first-order valence-electron chi connectivity index (χ1n) is 11.7. The molecule has 2 aromatic carbocycles. The number of nitrogens with one attached hydrogen (secondary N) is 1. The van der Waals surface area contributed by atoms with Crippen molar-refractivity contribution in [1.82, 2.24) is 15.2 Å². The highest BCUT2D eigenvalue weighted by Crippen LogP contribution is 2.35. The van der Waals surface area contributed by atoms with Crippen molar-refractivity contribution in [2.75, 3.05) is 11.4 Å². The minimum Gasteiger partial charge on any atom is -0.323 e. The van der Waals surface area contributed by atoms with Gasteiger partial charge in [-0.25, -0.2) is 9.78 Å². The molecule has 0 radical (unpaired) electrons. The normalized spacial score (nSPS) is 15.1. The van der Waals surface area contributed by atoms with Crippen molar-refractivity contribution in [3.05, 3.63) is 53.6 Å². The third-order valence-electron chi connectivity index (χ3n) is 6.08. The number of para-hydroxylation sites is 1. The summed E-state index contributed by atoms with van der Waals surface area (Å²) in [6.45, 7) is 7.57. The highest BCUT2D eigenvalue weighted by atomic mass is 32.1. The van der Waals surface area contributed by atoms with Gasteiger partial charge in [0.15, 0.2) is 5.13 Å². The summed E-state index contributed by atoms with van der Waals surface area (Å²) in [5.74, 6) is -0.699. The molecule has 4 rings (SSSR count). The van der Waals surface area contributed by atoms with E-state index >= 15 is 0 Å². The molecule has 0 atom stereocenters. The van der Waals surface area contributed by atoms with Gasteiger partial charge in [-0.05, 0) is 62.1 Å². The van der Waals surface area contributed by atoms with Gasteiger partial charge in [0.25, 0.3) is 11.8 Å². The molecule has 7 nitrogen and oxygen atoms in total. The van der Waals surface area contributed by atoms with E-state index in [1.165, 1.54) is 16.2 Å². The molecule has 1 aliphatic heterocycles. The first-order valence-corrected chi connectivity index (χ1v) is 12.5. The van der Waals surface area contributed by atoms with Gasteiger partial charge in [0.1, 0.15) is 12.1 Å². The van der Waals surface area contributed by atoms with E-state index in [-0.39, 0.29) is 18.4 Å². The molecule has 1 fully saturated rings. The van der Waals surface area contributed by atoms with Gasteiger partial charge in [0, 0.05) is 0 Å². The summed E-state index contributed by atoms with van der Waals surface area (Å²) < 4.78 is 0.958. The van der Waals surface area contributed by atoms with Gasteiger partial charge in [-0.1, -0.05) is 56.2 Å². The Balaban J connectivity index is 1.71. The number of rotatable bonds is 8. The van der Waals surface area contributed by atoms with Gasteiger partial charge in [0.2, 0.25) is 0 Å². The maximum atomic E-state index is 13.7. The number of anilines is 2. The van der Waals surface area contributed by atoms with Gasteiger partial charge in [-0.15, -0.1) is 0 Å². The summed E-state index contributed by atoms with van der Waals surface area (Å²) in [5.41, 5.74) is 2.55. The smallest absolute Gasteiger partial charge is 0.323 e. The summed E-state index contributed by atoms with van der Waals surface area (Å²) in [6, 6.07) is 13.1. The molecule has 1 N–H and O–H groups in total. The molecular weight excluding hydrogens is 448 g/mol. The summed E-state index contributed by atoms with van der Waals surface area (Å²) in [7, 11) is 0. The SMILES string of the molecule is CCCC1(CCC)NC(=O)N(CC(=O)N(c2cc(C)cc(C)c2)c2nc3ccccc3s2)C1=O. The molecule has 0 spiro atoms. The minimum absolute atomic E-state index is 0.320. The lowest BCUT2D eigenvalue weighted by Gasteiger charge is -2.26. The number of aryl methyl sites for hydroxylation is 2. The molecule has 3 aromatic rings. The molecule has 8 heteroatoms. The van der Waals surface area contributed by atoms with Crippen molar-refractivity contribution >= 4 is 50.2 Å². The van der Waals surface area contributed by atoms with Crippen LogP contribution >= 0.6 is 11.3 Å². The molecule has 1 saturated heterocycles. The van der Waals surface area contributed by atoms with Gasteiger partial charge in [-0.2, -0.15) is 0 Å². The van der Waals surface area contributed by atoms with E-state index in [2.05, 4.69) is 10.3 Å². The molecule has 1 aliphatic rings. The molecule has 178 valence electrons. The zero-order valence-electron chi connectivity index (χ0n) is 20.1. The second kappa shape index (κ2) is 9.54. The monoisotopic (exact) mass is 478 g/mol. The van der Waals surface area contributed by atoms with Crippen LogP contribution in [0.3, 0.4) is 0 Å². The fraction of sp³-hybridized carbons (Fsp3) is 0.385. The number of urea groups is 1. The average Bonchev–Trinajstić information content (AvgIpc) is 3.28. The Labute approximate surface area is 203 Å². The van der Waals surface area contributed by atoms with Crippen LogP contribution in [-0.2, 0) is 9.59 Å². The lowest BCUT2D eigenvalue weighted by Crippen LogP contribution is -2.47. The van der Waals surface area contributed by atoms with E-state index in [4.69, 9.17) is 0 Å². The first kappa shape index (κ1) is 23.9. The van der Waals surface area contributed by atoms with Crippen molar-refractivity contribution in [3.63, 3.8) is 0 Å². The molecular formula is C26H30N4O3S. The number of fused-ring (bicyclic) bond motifs is 1. The molecule has 0 aliphatic carbocycles. The number of hydrogen-bond acceptors (Lipinski definition) is 5. The third kappa shape index (κ3) is 4.42. The van der Waals surface area contributed by atoms with Gasteiger partial charge in [0.05, 0.1) is 15.9 Å². The predicted octanol–water partition coefficient (Wildman–Crippen LogP) is 5.47. The Hall–Kier alpha value is -3.26. The summed E-state index contributed by atoms with van der Waals surface area (Å²) in [4.78, 5) is 47.2. The van der Waals surface area contributed by atoms with Gasteiger partial charge < -0.3 is 5.32 Å². The Bertz CT molecular complexity index is 1190. The first-order chi connectivity index (χ1) is 16.3. The predicted molar refractivity (Wildman–Crippen MR) is 135 cm³/mol. The van der Waals surface area contributed by atoms with Crippen LogP contribution in [0.4, 0.5) is 15.6 Å². The number of aromatic nitrogens is 1. The van der Waals surface area contributed by atoms with E-state index in [0.29, 0.717) is 23.7 Å². The van der Waals surface area contributed by atoms with Crippen molar-refractivity contribution < 1.29 is 14.4 Å². The van der Waals surface area contributed by atoms with Crippen LogP contribution in [0.25, 0.3) is 10.2 Å². The fourth-order valence-electron chi connectivity index (χ4n) is 4.74. The topological polar surface area (TPSA) is 82.6 Å². The second-order valence-electron chi connectivity index (χ2n) is 8.94. The fourth-order valence-corrected chi connectivity index (χ4v) is 5.74. The zero-order chi connectivity index (χ0) is 24.5. The number of benzene rings is 2. The average molecular weight is 479 g/mol. The molecule has 0 saturated carbocycles. The standard InChI is InChI=1S/C26H30N4O3S/c1-5-11-26(12-6-2)23(32)29(24(33)28-26)16-22(31)30(19-14-17(3)13-18(4)15-19)25-27-20-9-7-8-10-21(20)34-25/h7-10,13-15H,5-6,11-12,16H2,1-4H3,(H,28,33). The highest BCUT2D eigenvalue weighted by molar-refractivity contribution is 7.22. The molecule has 4 amide bonds. The highest BCUT2D eigenvalue weighted by Gasteiger charge is 2.50. The quantitative estimate of drug-likeness (QED) is 0.435. The second-order valence-corrected chi connectivity index (χ2v) is 9.95. The number of hydrogen-bond donors (Lipinski definition) is 1.